The monoisotopic (exact) mass is 1310 g/mol. The fraction of sp³-hybridized carbons (Fsp3) is 1.00. The normalized spacial score (nSPS) is 49.1. The van der Waals surface area contributed by atoms with Crippen LogP contribution in [0.1, 0.15) is 142 Å². The van der Waals surface area contributed by atoms with E-state index >= 15 is 0 Å². The van der Waals surface area contributed by atoms with E-state index in [1.807, 2.05) is 0 Å². The van der Waals surface area contributed by atoms with Gasteiger partial charge in [-0.05, 0) is 174 Å². The Morgan fingerprint density at radius 1 is 0.282 bits per heavy atom. The lowest BCUT2D eigenvalue weighted by Gasteiger charge is -2.28. The van der Waals surface area contributed by atoms with Crippen LogP contribution in [0.2, 0.25) is 0 Å². The van der Waals surface area contributed by atoms with Crippen LogP contribution in [-0.2, 0) is 40.5 Å². The van der Waals surface area contributed by atoms with Crippen LogP contribution >= 0.6 is 94.1 Å². The van der Waals surface area contributed by atoms with Gasteiger partial charge >= 0.3 is 0 Å². The first-order chi connectivity index (χ1) is 36.9. The molecule has 0 bridgehead atoms. The molecule has 446 valence electrons. The molecule has 8 saturated heterocycles. The van der Waals surface area contributed by atoms with Crippen molar-refractivity contribution < 1.29 is 51.9 Å². The van der Waals surface area contributed by atoms with Crippen LogP contribution in [0.5, 0.6) is 0 Å². The second-order valence-electron chi connectivity index (χ2n) is 26.6. The first-order valence-electron chi connectivity index (χ1n) is 30.0. The van der Waals surface area contributed by atoms with Crippen LogP contribution in [-0.4, -0.2) is 159 Å². The summed E-state index contributed by atoms with van der Waals surface area (Å²) >= 11 is 18.3. The quantitative estimate of drug-likeness (QED) is 0.0552. The average Bonchev–Trinajstić information content (AvgIpc) is 4.06. The molecule has 24 heteroatoms. The molecule has 0 aromatic heterocycles. The van der Waals surface area contributed by atoms with Crippen LogP contribution < -0.4 is 0 Å². The van der Waals surface area contributed by atoms with E-state index in [0.29, 0.717) is 181 Å². The van der Waals surface area contributed by atoms with Gasteiger partial charge in [-0.2, -0.15) is 128 Å². The van der Waals surface area contributed by atoms with E-state index in [1.54, 1.807) is 0 Å². The van der Waals surface area contributed by atoms with Crippen molar-refractivity contribution in [2.24, 2.45) is 71.0 Å². The molecular weight excluding hydrogens is 1230 g/mol. The Bertz CT molecular complexity index is 2440. The largest absolute Gasteiger partial charge is 0.286 e. The standard InChI is InChI=1S/C54H86O12S12/c1-27-19-33-29(11-3-7-15-75(55,56)57)35-21-41(69-49(35)47(33)67-27)43-23-37-31(13-5-9-17-77(61,62)63)39-25-45(73-53(39)51(37)71-43)46-26-40-32(14-6-10-18-78(64,65)66)38-24-44(72-52(38)54(40)74-46)42-22-36-30(12-4-8-16-76(58,59)60)34-20-28(2)68-48(34)50(36)70-42/h27-54H,3-26H2,1-2H3,(H,55,56,57)(H,58,59,60)(H,61,62,63)(H,64,65,66). The predicted octanol–water partition coefficient (Wildman–Crippen LogP) is 11.7. The van der Waals surface area contributed by atoms with Gasteiger partial charge in [0, 0.05) is 84.0 Å². The number of unbranched alkanes of at least 4 members (excludes halogenated alkanes) is 4. The van der Waals surface area contributed by atoms with Crippen LogP contribution in [0.25, 0.3) is 0 Å². The van der Waals surface area contributed by atoms with Crippen molar-refractivity contribution in [1.82, 2.24) is 0 Å². The zero-order valence-electron chi connectivity index (χ0n) is 45.1. The van der Waals surface area contributed by atoms with E-state index in [4.69, 9.17) is 0 Å². The fourth-order valence-electron chi connectivity index (χ4n) is 19.4. The summed E-state index contributed by atoms with van der Waals surface area (Å²) in [6.45, 7) is 4.77. The van der Waals surface area contributed by atoms with Crippen LogP contribution in [0.15, 0.2) is 0 Å². The maximum Gasteiger partial charge on any atom is 0.264 e. The van der Waals surface area contributed by atoms with Crippen molar-refractivity contribution in [3.05, 3.63) is 0 Å². The molecule has 0 spiro atoms. The second kappa shape index (κ2) is 24.1. The summed E-state index contributed by atoms with van der Waals surface area (Å²) in [5.74, 6) is 6.99. The molecule has 12 rings (SSSR count). The molecule has 8 heterocycles. The van der Waals surface area contributed by atoms with Crippen LogP contribution in [0, 0.1) is 71.0 Å². The summed E-state index contributed by atoms with van der Waals surface area (Å²) in [6.07, 6.45) is 19.5. The second-order valence-corrected chi connectivity index (χ2v) is 44.7. The Kier molecular flexibility index (Phi) is 18.8. The van der Waals surface area contributed by atoms with Gasteiger partial charge in [0.25, 0.3) is 40.5 Å². The number of thioether (sulfide) groups is 8. The highest BCUT2D eigenvalue weighted by atomic mass is 32.2. The van der Waals surface area contributed by atoms with Crippen molar-refractivity contribution in [2.75, 3.05) is 23.0 Å². The minimum absolute atomic E-state index is 0.148. The summed E-state index contributed by atoms with van der Waals surface area (Å²) in [4.78, 5) is 0. The Balaban J connectivity index is 0.720. The van der Waals surface area contributed by atoms with Gasteiger partial charge in [0.05, 0.1) is 23.0 Å². The van der Waals surface area contributed by atoms with Crippen molar-refractivity contribution in [3.63, 3.8) is 0 Å². The molecule has 28 atom stereocenters. The lowest BCUT2D eigenvalue weighted by atomic mass is 9.78. The van der Waals surface area contributed by atoms with E-state index in [-0.39, 0.29) is 23.0 Å². The van der Waals surface area contributed by atoms with Gasteiger partial charge in [0.15, 0.2) is 0 Å². The highest BCUT2D eigenvalue weighted by Crippen LogP contribution is 2.72. The zero-order chi connectivity index (χ0) is 54.8. The zero-order valence-corrected chi connectivity index (χ0v) is 54.9. The molecule has 0 amide bonds. The van der Waals surface area contributed by atoms with Crippen LogP contribution in [0.4, 0.5) is 0 Å². The smallest absolute Gasteiger partial charge is 0.264 e. The Hall–Kier alpha value is 2.44. The number of hydrogen-bond acceptors (Lipinski definition) is 16. The molecule has 0 aromatic rings. The molecule has 4 N–H and O–H groups in total. The van der Waals surface area contributed by atoms with Gasteiger partial charge in [-0.25, -0.2) is 0 Å². The third-order valence-corrected chi connectivity index (χ3v) is 40.7. The number of hydrogen-bond donors (Lipinski definition) is 4. The first-order valence-corrected chi connectivity index (χ1v) is 44.0. The van der Waals surface area contributed by atoms with Gasteiger partial charge in [0.2, 0.25) is 0 Å². The third-order valence-electron chi connectivity index (χ3n) is 22.1. The first kappa shape index (κ1) is 60.7. The van der Waals surface area contributed by atoms with Gasteiger partial charge in [-0.15, -0.1) is 0 Å². The highest BCUT2D eigenvalue weighted by molar-refractivity contribution is 8.09. The topological polar surface area (TPSA) is 217 Å². The molecule has 12 fully saturated rings. The molecule has 4 aliphatic carbocycles. The number of fused-ring (bicyclic) bond motifs is 12. The fourth-order valence-corrected chi connectivity index (χ4v) is 39.3. The van der Waals surface area contributed by atoms with Gasteiger partial charge in [0.1, 0.15) is 0 Å². The van der Waals surface area contributed by atoms with E-state index in [9.17, 15) is 51.9 Å². The van der Waals surface area contributed by atoms with Crippen molar-refractivity contribution >= 4 is 135 Å². The molecule has 8 aliphatic heterocycles. The Morgan fingerprint density at radius 2 is 0.462 bits per heavy atom. The SMILES string of the molecule is CC1CC2C(CCCCS(=O)(=O)O)C3CC(C4CC5C(CCCCS(=O)(=O)O)C6CC(C7CC8C(CCCCS(=O)(=O)O)C9CC(C%10CC%11C(CCCCS(=O)(=O)O)C%12CC(C)SC%12C%11S%10)SC9C8S7)SC6C5S4)SC3C2S1. The van der Waals surface area contributed by atoms with E-state index in [0.717, 1.165) is 51.4 Å². The summed E-state index contributed by atoms with van der Waals surface area (Å²) in [6, 6.07) is 0. The third kappa shape index (κ3) is 13.0. The molecule has 28 unspecified atom stereocenters. The van der Waals surface area contributed by atoms with E-state index < -0.39 is 40.5 Å². The maximum atomic E-state index is 11.9. The van der Waals surface area contributed by atoms with Gasteiger partial charge in [-0.3, -0.25) is 18.2 Å². The maximum absolute atomic E-state index is 11.9. The van der Waals surface area contributed by atoms with Gasteiger partial charge in [-0.1, -0.05) is 39.5 Å². The molecule has 0 aromatic carbocycles. The summed E-state index contributed by atoms with van der Waals surface area (Å²) in [5, 5.41) is 9.99. The predicted molar refractivity (Wildman–Crippen MR) is 333 cm³/mol. The van der Waals surface area contributed by atoms with Gasteiger partial charge < -0.3 is 0 Å². The minimum atomic E-state index is -4.01. The Morgan fingerprint density at radius 3 is 0.654 bits per heavy atom. The highest BCUT2D eigenvalue weighted by Gasteiger charge is 2.66. The summed E-state index contributed by atoms with van der Waals surface area (Å²) < 4.78 is 132. The van der Waals surface area contributed by atoms with E-state index in [2.05, 4.69) is 108 Å². The van der Waals surface area contributed by atoms with E-state index in [1.165, 1.54) is 51.4 Å². The summed E-state index contributed by atoms with van der Waals surface area (Å²) in [5.41, 5.74) is 0. The molecular formula is C54H86O12S12. The molecule has 12 aliphatic rings. The Labute approximate surface area is 502 Å². The minimum Gasteiger partial charge on any atom is -0.286 e. The molecule has 0 radical (unpaired) electrons. The van der Waals surface area contributed by atoms with Crippen LogP contribution in [0.3, 0.4) is 0 Å². The molecule has 12 nitrogen and oxygen atoms in total. The van der Waals surface area contributed by atoms with Crippen molar-refractivity contribution in [3.8, 4) is 0 Å². The van der Waals surface area contributed by atoms with Crippen molar-refractivity contribution in [1.29, 1.82) is 0 Å². The molecule has 4 saturated carbocycles. The average molecular weight is 1310 g/mol. The van der Waals surface area contributed by atoms with Crippen molar-refractivity contribution in [2.45, 2.75) is 226 Å². The summed E-state index contributed by atoms with van der Waals surface area (Å²) in [7, 11) is -15.9. The molecule has 78 heavy (non-hydrogen) atoms. The number of rotatable bonds is 23. The lowest BCUT2D eigenvalue weighted by Crippen LogP contribution is -2.26. The lowest BCUT2D eigenvalue weighted by molar-refractivity contribution is 0.253.